The number of amides is 1. The van der Waals surface area contributed by atoms with Crippen LogP contribution in [0.3, 0.4) is 0 Å². The van der Waals surface area contributed by atoms with Crippen molar-refractivity contribution in [3.8, 4) is 0 Å². The molecule has 0 atom stereocenters. The molecule has 1 saturated carbocycles. The maximum Gasteiger partial charge on any atom is 0.405 e. The Morgan fingerprint density at radius 2 is 1.64 bits per heavy atom. The van der Waals surface area contributed by atoms with Gasteiger partial charge in [0.15, 0.2) is 0 Å². The predicted molar refractivity (Wildman–Crippen MR) is 90.2 cm³/mol. The molecule has 1 aromatic carbocycles. The number of primary amides is 1. The molecule has 1 fully saturated rings. The second-order valence-electron chi connectivity index (χ2n) is 6.07. The van der Waals surface area contributed by atoms with Crippen LogP contribution in [-0.4, -0.2) is 18.5 Å². The molecule has 124 valence electrons. The van der Waals surface area contributed by atoms with Gasteiger partial charge in [-0.05, 0) is 57.2 Å². The molecule has 0 aliphatic heterocycles. The number of carbonyl (C=O) groups is 2. The van der Waals surface area contributed by atoms with Gasteiger partial charge in [-0.25, -0.2) is 4.79 Å². The Labute approximate surface area is 138 Å². The normalized spacial score (nSPS) is 14.2. The van der Waals surface area contributed by atoms with Crippen LogP contribution in [0.2, 0.25) is 5.02 Å². The van der Waals surface area contributed by atoms with Crippen molar-refractivity contribution in [1.29, 1.82) is 0 Å². The van der Waals surface area contributed by atoms with E-state index < -0.39 is 11.7 Å². The first-order chi connectivity index (χ1) is 10.3. The van der Waals surface area contributed by atoms with Gasteiger partial charge in [-0.1, -0.05) is 36.6 Å². The largest absolute Gasteiger partial charge is 0.444 e. The van der Waals surface area contributed by atoms with Gasteiger partial charge in [0.2, 0.25) is 0 Å². The summed E-state index contributed by atoms with van der Waals surface area (Å²) in [4.78, 5) is 18.0. The van der Waals surface area contributed by atoms with Gasteiger partial charge < -0.3 is 15.3 Å². The van der Waals surface area contributed by atoms with Crippen molar-refractivity contribution >= 4 is 24.5 Å². The number of carbonyl (C=O) groups excluding carboxylic acids is 2. The van der Waals surface area contributed by atoms with E-state index in [1.807, 2.05) is 18.9 Å². The Bertz CT molecular complexity index is 434. The second-order valence-corrected chi connectivity index (χ2v) is 6.50. The van der Waals surface area contributed by atoms with Crippen LogP contribution in [-0.2, 0) is 9.53 Å². The Morgan fingerprint density at radius 3 is 1.95 bits per heavy atom. The first-order valence-electron chi connectivity index (χ1n) is 7.31. The van der Waals surface area contributed by atoms with Crippen molar-refractivity contribution in [2.45, 2.75) is 58.0 Å². The number of hydrogen-bond donors (Lipinski definition) is 1. The molecule has 5 heteroatoms. The molecule has 0 aromatic heterocycles. The molecule has 2 N–H and O–H groups in total. The summed E-state index contributed by atoms with van der Waals surface area (Å²) in [6.07, 6.45) is 4.79. The van der Waals surface area contributed by atoms with E-state index in [1.165, 1.54) is 31.2 Å². The van der Waals surface area contributed by atoms with Crippen LogP contribution in [0.1, 0.15) is 57.9 Å². The smallest absolute Gasteiger partial charge is 0.405 e. The van der Waals surface area contributed by atoms with Gasteiger partial charge in [0.1, 0.15) is 12.4 Å². The summed E-state index contributed by atoms with van der Waals surface area (Å²) in [5, 5.41) is 0.844. The molecule has 2 rings (SSSR count). The van der Waals surface area contributed by atoms with Crippen molar-refractivity contribution < 1.29 is 14.3 Å². The molecule has 1 aromatic rings. The summed E-state index contributed by atoms with van der Waals surface area (Å²) in [6, 6.07) is 8.32. The van der Waals surface area contributed by atoms with Crippen molar-refractivity contribution in [2.75, 3.05) is 0 Å². The van der Waals surface area contributed by atoms with Gasteiger partial charge in [0.25, 0.3) is 0 Å². The highest BCUT2D eigenvalue weighted by atomic mass is 35.5. The average molecular weight is 328 g/mol. The third-order valence-electron chi connectivity index (χ3n) is 3.10. The minimum absolute atomic E-state index is 0.453. The fourth-order valence-electron chi connectivity index (χ4n) is 2.30. The van der Waals surface area contributed by atoms with E-state index in [-0.39, 0.29) is 0 Å². The van der Waals surface area contributed by atoms with Crippen LogP contribution >= 0.6 is 11.6 Å². The number of benzene rings is 1. The summed E-state index contributed by atoms with van der Waals surface area (Å²) in [5.41, 5.74) is 5.73. The van der Waals surface area contributed by atoms with Crippen LogP contribution in [0.4, 0.5) is 4.79 Å². The number of hydrogen-bond acceptors (Lipinski definition) is 3. The highest BCUT2D eigenvalue weighted by molar-refractivity contribution is 6.30. The van der Waals surface area contributed by atoms with Gasteiger partial charge in [-0.15, -0.1) is 0 Å². The molecule has 22 heavy (non-hydrogen) atoms. The van der Waals surface area contributed by atoms with E-state index in [0.29, 0.717) is 0 Å². The Kier molecular flexibility index (Phi) is 9.50. The zero-order valence-corrected chi connectivity index (χ0v) is 14.4. The van der Waals surface area contributed by atoms with Gasteiger partial charge >= 0.3 is 6.09 Å². The summed E-state index contributed by atoms with van der Waals surface area (Å²) in [5.74, 6) is 0.808. The standard InChI is InChI=1S/C11H13Cl.C5H11NO2.CH2O/c12-11-7-5-10(6-8-11)9-3-1-2-4-9;1-5(2,3)8-4(6)7;1-2/h5-9H,1-4H2;1-3H3,(H2,6,7);1H2. The molecule has 4 nitrogen and oxygen atoms in total. The fraction of sp³-hybridized carbons (Fsp3) is 0.529. The summed E-state index contributed by atoms with van der Waals surface area (Å²) in [7, 11) is 0. The lowest BCUT2D eigenvalue weighted by atomic mass is 9.98. The van der Waals surface area contributed by atoms with E-state index in [1.54, 1.807) is 20.8 Å². The van der Waals surface area contributed by atoms with E-state index in [9.17, 15) is 4.79 Å². The van der Waals surface area contributed by atoms with Gasteiger partial charge in [-0.2, -0.15) is 0 Å². The van der Waals surface area contributed by atoms with Crippen LogP contribution in [0.25, 0.3) is 0 Å². The summed E-state index contributed by atoms with van der Waals surface area (Å²) >= 11 is 5.82. The van der Waals surface area contributed by atoms with Crippen molar-refractivity contribution in [1.82, 2.24) is 0 Å². The van der Waals surface area contributed by atoms with E-state index in [2.05, 4.69) is 16.9 Å². The lowest BCUT2D eigenvalue weighted by molar-refractivity contribution is -0.0980. The van der Waals surface area contributed by atoms with Crippen molar-refractivity contribution in [3.05, 3.63) is 34.9 Å². The van der Waals surface area contributed by atoms with E-state index in [4.69, 9.17) is 22.1 Å². The number of ether oxygens (including phenoxy) is 1. The Morgan fingerprint density at radius 1 is 1.18 bits per heavy atom. The third-order valence-corrected chi connectivity index (χ3v) is 3.36. The zero-order valence-electron chi connectivity index (χ0n) is 13.6. The van der Waals surface area contributed by atoms with Crippen LogP contribution in [0, 0.1) is 0 Å². The molecule has 0 unspecified atom stereocenters. The van der Waals surface area contributed by atoms with Crippen LogP contribution < -0.4 is 5.73 Å². The maximum atomic E-state index is 10.0. The lowest BCUT2D eigenvalue weighted by Crippen LogP contribution is -2.27. The van der Waals surface area contributed by atoms with Crippen LogP contribution in [0.5, 0.6) is 0 Å². The topological polar surface area (TPSA) is 69.4 Å². The second kappa shape index (κ2) is 10.2. The quantitative estimate of drug-likeness (QED) is 0.813. The zero-order chi connectivity index (χ0) is 17.2. The number of rotatable bonds is 1. The SMILES string of the molecule is C=O.CC(C)(C)OC(N)=O.Clc1ccc(C2CCCC2)cc1. The average Bonchev–Trinajstić information content (AvgIpc) is 2.94. The Hall–Kier alpha value is -1.55. The molecule has 1 aliphatic carbocycles. The summed E-state index contributed by atoms with van der Waals surface area (Å²) < 4.78 is 4.58. The molecule has 1 aliphatic rings. The molecule has 0 bridgehead atoms. The van der Waals surface area contributed by atoms with Crippen molar-refractivity contribution in [3.63, 3.8) is 0 Å². The Balaban J connectivity index is 0.000000388. The van der Waals surface area contributed by atoms with Crippen molar-refractivity contribution in [2.24, 2.45) is 5.73 Å². The molecule has 0 spiro atoms. The van der Waals surface area contributed by atoms with Gasteiger partial charge in [0, 0.05) is 5.02 Å². The minimum Gasteiger partial charge on any atom is -0.444 e. The minimum atomic E-state index is -0.725. The molecular weight excluding hydrogens is 302 g/mol. The van der Waals surface area contributed by atoms with Crippen LogP contribution in [0.15, 0.2) is 24.3 Å². The first kappa shape index (κ1) is 20.5. The monoisotopic (exact) mass is 327 g/mol. The lowest BCUT2D eigenvalue weighted by Gasteiger charge is -2.16. The van der Waals surface area contributed by atoms with E-state index in [0.717, 1.165) is 10.9 Å². The fourth-order valence-corrected chi connectivity index (χ4v) is 2.42. The van der Waals surface area contributed by atoms with E-state index >= 15 is 0 Å². The first-order valence-corrected chi connectivity index (χ1v) is 7.68. The number of halogens is 1. The number of nitrogens with two attached hydrogens (primary N) is 1. The highest BCUT2D eigenvalue weighted by Gasteiger charge is 2.16. The predicted octanol–water partition coefficient (Wildman–Crippen LogP) is 4.69. The summed E-state index contributed by atoms with van der Waals surface area (Å²) in [6.45, 7) is 7.28. The molecule has 0 radical (unpaired) electrons. The molecule has 1 amide bonds. The van der Waals surface area contributed by atoms with Gasteiger partial charge in [-0.3, -0.25) is 0 Å². The molecule has 0 saturated heterocycles. The third kappa shape index (κ3) is 9.40. The maximum absolute atomic E-state index is 10.0. The molecular formula is C17H26ClNO3. The molecule has 0 heterocycles. The van der Waals surface area contributed by atoms with Gasteiger partial charge in [0.05, 0.1) is 0 Å². The highest BCUT2D eigenvalue weighted by Crippen LogP contribution is 2.34.